The van der Waals surface area contributed by atoms with Crippen molar-refractivity contribution in [3.63, 3.8) is 0 Å². The van der Waals surface area contributed by atoms with Gasteiger partial charge in [0.25, 0.3) is 0 Å². The van der Waals surface area contributed by atoms with E-state index in [-0.39, 0.29) is 6.17 Å². The first-order valence-electron chi connectivity index (χ1n) is 15.0. The second-order valence-electron chi connectivity index (χ2n) is 10.4. The summed E-state index contributed by atoms with van der Waals surface area (Å²) in [6.45, 7) is 21.3. The molecule has 3 aromatic rings. The Morgan fingerprint density at radius 2 is 1.05 bits per heavy atom. The summed E-state index contributed by atoms with van der Waals surface area (Å²) in [7, 11) is -3.22. The summed E-state index contributed by atoms with van der Waals surface area (Å²) >= 11 is 0. The van der Waals surface area contributed by atoms with Crippen molar-refractivity contribution in [3.8, 4) is 0 Å². The number of rotatable bonds is 11. The average molecular weight is 614 g/mol. The Kier molecular flexibility index (Phi) is 15.8. The minimum absolute atomic E-state index is 0.298. The molecule has 0 fully saturated rings. The van der Waals surface area contributed by atoms with Gasteiger partial charge in [-0.3, -0.25) is 0 Å². The third-order valence-electron chi connectivity index (χ3n) is 7.18. The molecule has 0 aliphatic carbocycles. The molecule has 240 valence electrons. The van der Waals surface area contributed by atoms with E-state index in [0.717, 1.165) is 66.3 Å². The van der Waals surface area contributed by atoms with E-state index in [1.807, 2.05) is 69.0 Å². The molecular formula is C33H55N7O2S. The zero-order valence-corrected chi connectivity index (χ0v) is 28.5. The molecule has 0 saturated carbocycles. The summed E-state index contributed by atoms with van der Waals surface area (Å²) in [5.41, 5.74) is 25.2. The van der Waals surface area contributed by atoms with Gasteiger partial charge in [0.15, 0.2) is 0 Å². The van der Waals surface area contributed by atoms with Gasteiger partial charge in [0, 0.05) is 66.8 Å². The van der Waals surface area contributed by atoms with Gasteiger partial charge in [-0.15, -0.1) is 0 Å². The van der Waals surface area contributed by atoms with Gasteiger partial charge in [0.2, 0.25) is 10.0 Å². The quantitative estimate of drug-likeness (QED) is 0.157. The maximum Gasteiger partial charge on any atom is 0.210 e. The lowest BCUT2D eigenvalue weighted by Crippen LogP contribution is -2.46. The van der Waals surface area contributed by atoms with Crippen molar-refractivity contribution in [2.75, 3.05) is 70.9 Å². The van der Waals surface area contributed by atoms with E-state index in [2.05, 4.69) is 66.5 Å². The van der Waals surface area contributed by atoms with Crippen LogP contribution < -0.4 is 36.6 Å². The molecule has 7 N–H and O–H groups in total. The van der Waals surface area contributed by atoms with Gasteiger partial charge in [-0.25, -0.2) is 8.42 Å². The van der Waals surface area contributed by atoms with Crippen molar-refractivity contribution in [1.29, 1.82) is 0 Å². The van der Waals surface area contributed by atoms with E-state index in [0.29, 0.717) is 6.54 Å². The van der Waals surface area contributed by atoms with Crippen LogP contribution in [0.25, 0.3) is 0 Å². The highest BCUT2D eigenvalue weighted by Crippen LogP contribution is 2.22. The third kappa shape index (κ3) is 12.6. The zero-order valence-electron chi connectivity index (χ0n) is 27.7. The summed E-state index contributed by atoms with van der Waals surface area (Å²) < 4.78 is 25.1. The van der Waals surface area contributed by atoms with Crippen molar-refractivity contribution in [3.05, 3.63) is 71.8 Å². The molecule has 0 heterocycles. The molecule has 0 radical (unpaired) electrons. The molecule has 0 aliphatic rings. The summed E-state index contributed by atoms with van der Waals surface area (Å²) in [5.74, 6) is 0. The van der Waals surface area contributed by atoms with E-state index < -0.39 is 10.0 Å². The SMILES string of the molecule is CCN(CC)c1ccc(N)c(C)c1.CCN(CC)c1ccc(N)cc1.CCN(c1ccc(N)c(C)c1)C(C)NS(C)(=O)=O. The Balaban J connectivity index is 0.000000331. The topological polar surface area (TPSA) is 134 Å². The van der Waals surface area contributed by atoms with Crippen molar-refractivity contribution < 1.29 is 8.42 Å². The Morgan fingerprint density at radius 3 is 1.44 bits per heavy atom. The third-order valence-corrected chi connectivity index (χ3v) is 7.95. The summed E-state index contributed by atoms with van der Waals surface area (Å²) in [5, 5.41) is 0. The number of sulfonamides is 1. The highest BCUT2D eigenvalue weighted by atomic mass is 32.2. The zero-order chi connectivity index (χ0) is 32.7. The number of nitrogens with two attached hydrogens (primary N) is 3. The number of hydrogen-bond acceptors (Lipinski definition) is 8. The Bertz CT molecular complexity index is 1340. The number of hydrogen-bond donors (Lipinski definition) is 4. The number of nitrogens with zero attached hydrogens (tertiary/aromatic N) is 3. The van der Waals surface area contributed by atoms with Crippen LogP contribution in [-0.2, 0) is 10.0 Å². The predicted molar refractivity (Wildman–Crippen MR) is 190 cm³/mol. The molecular weight excluding hydrogens is 558 g/mol. The van der Waals surface area contributed by atoms with E-state index in [1.165, 1.54) is 11.4 Å². The molecule has 0 aromatic heterocycles. The minimum atomic E-state index is -3.22. The van der Waals surface area contributed by atoms with Crippen molar-refractivity contribution in [2.45, 2.75) is 61.6 Å². The van der Waals surface area contributed by atoms with Crippen molar-refractivity contribution in [1.82, 2.24) is 4.72 Å². The summed E-state index contributed by atoms with van der Waals surface area (Å²) in [4.78, 5) is 6.57. The molecule has 0 saturated heterocycles. The lowest BCUT2D eigenvalue weighted by molar-refractivity contribution is 0.555. The number of nitrogens with one attached hydrogen (secondary N) is 1. The lowest BCUT2D eigenvalue weighted by atomic mass is 10.1. The summed E-state index contributed by atoms with van der Waals surface area (Å²) in [6, 6.07) is 19.9. The number of benzene rings is 3. The molecule has 3 rings (SSSR count). The highest BCUT2D eigenvalue weighted by Gasteiger charge is 2.16. The monoisotopic (exact) mass is 613 g/mol. The molecule has 1 unspecified atom stereocenters. The van der Waals surface area contributed by atoms with Crippen LogP contribution in [0.5, 0.6) is 0 Å². The molecule has 10 heteroatoms. The van der Waals surface area contributed by atoms with Gasteiger partial charge >= 0.3 is 0 Å². The maximum absolute atomic E-state index is 11.3. The van der Waals surface area contributed by atoms with Crippen LogP contribution in [0.3, 0.4) is 0 Å². The van der Waals surface area contributed by atoms with Gasteiger partial charge in [-0.05, 0) is 127 Å². The van der Waals surface area contributed by atoms with Crippen LogP contribution in [0.15, 0.2) is 60.7 Å². The van der Waals surface area contributed by atoms with Crippen LogP contribution in [0, 0.1) is 13.8 Å². The molecule has 9 nitrogen and oxygen atoms in total. The van der Waals surface area contributed by atoms with Gasteiger partial charge in [0.1, 0.15) is 0 Å². The average Bonchev–Trinajstić information content (AvgIpc) is 2.95. The van der Waals surface area contributed by atoms with Gasteiger partial charge < -0.3 is 31.9 Å². The fourth-order valence-electron chi connectivity index (χ4n) is 4.61. The fraction of sp³-hybridized carbons (Fsp3) is 0.455. The second-order valence-corrected chi connectivity index (χ2v) is 12.1. The van der Waals surface area contributed by atoms with E-state index >= 15 is 0 Å². The first-order valence-corrected chi connectivity index (χ1v) is 16.9. The first kappa shape index (κ1) is 37.4. The highest BCUT2D eigenvalue weighted by molar-refractivity contribution is 7.88. The van der Waals surface area contributed by atoms with Crippen LogP contribution in [0.1, 0.15) is 52.7 Å². The van der Waals surface area contributed by atoms with Crippen LogP contribution in [0.4, 0.5) is 34.1 Å². The number of anilines is 6. The molecule has 1 atom stereocenters. The number of aryl methyl sites for hydroxylation is 2. The maximum atomic E-state index is 11.3. The van der Waals surface area contributed by atoms with E-state index in [4.69, 9.17) is 17.2 Å². The minimum Gasteiger partial charge on any atom is -0.399 e. The Morgan fingerprint density at radius 1 is 0.651 bits per heavy atom. The lowest BCUT2D eigenvalue weighted by Gasteiger charge is -2.30. The molecule has 0 spiro atoms. The second kappa shape index (κ2) is 18.1. The van der Waals surface area contributed by atoms with Crippen molar-refractivity contribution in [2.24, 2.45) is 0 Å². The van der Waals surface area contributed by atoms with Gasteiger partial charge in [-0.1, -0.05) is 0 Å². The fourth-order valence-corrected chi connectivity index (χ4v) is 5.36. The van der Waals surface area contributed by atoms with Crippen LogP contribution in [0.2, 0.25) is 0 Å². The standard InChI is InChI=1S/C12H21N3O2S.C11H18N2.C10H16N2/c1-5-15(10(3)14-18(4,16)17)11-6-7-12(13)9(2)8-11;1-4-13(5-2)10-6-7-11(12)9(3)8-10;1-3-12(4-2)10-7-5-9(11)6-8-10/h6-8,10,14H,5,13H2,1-4H3;6-8H,4-5,12H2,1-3H3;5-8H,3-4,11H2,1-2H3. The molecule has 0 bridgehead atoms. The predicted octanol–water partition coefficient (Wildman–Crippen LogP) is 5.84. The van der Waals surface area contributed by atoms with Gasteiger partial charge in [0.05, 0.1) is 12.4 Å². The smallest absolute Gasteiger partial charge is 0.210 e. The Hall–Kier alpha value is -3.63. The van der Waals surface area contributed by atoms with E-state index in [9.17, 15) is 8.42 Å². The summed E-state index contributed by atoms with van der Waals surface area (Å²) in [6.07, 6.45) is 0.860. The number of nitrogen functional groups attached to an aromatic ring is 3. The molecule has 3 aromatic carbocycles. The molecule has 0 aliphatic heterocycles. The Labute approximate surface area is 261 Å². The molecule has 43 heavy (non-hydrogen) atoms. The first-order chi connectivity index (χ1) is 20.2. The van der Waals surface area contributed by atoms with Crippen LogP contribution >= 0.6 is 0 Å². The van der Waals surface area contributed by atoms with Crippen molar-refractivity contribution >= 4 is 44.1 Å². The van der Waals surface area contributed by atoms with Gasteiger partial charge in [-0.2, -0.15) is 4.72 Å². The van der Waals surface area contributed by atoms with E-state index in [1.54, 1.807) is 0 Å². The molecule has 0 amide bonds. The largest absolute Gasteiger partial charge is 0.399 e. The van der Waals surface area contributed by atoms with Crippen LogP contribution in [-0.4, -0.2) is 53.6 Å². The normalized spacial score (nSPS) is 11.4.